The summed E-state index contributed by atoms with van der Waals surface area (Å²) in [6.07, 6.45) is 0. The SMILES string of the molecule is Cc1cc(C)c(Nc2cc(S(=O)(=O)[O-])c(N)c3c2C(=O)c2ccccc2C3=O)c(C)c1CNC(=O)CCl.[Na+]. The molecule has 0 bridgehead atoms. The number of nitrogens with one attached hydrogen (secondary N) is 2. The maximum atomic E-state index is 13.5. The summed E-state index contributed by atoms with van der Waals surface area (Å²) in [6.45, 7) is 5.66. The van der Waals surface area contributed by atoms with E-state index in [1.54, 1.807) is 26.0 Å². The number of halogens is 1. The van der Waals surface area contributed by atoms with Gasteiger partial charge >= 0.3 is 29.6 Å². The minimum Gasteiger partial charge on any atom is -0.744 e. The molecule has 9 nitrogen and oxygen atoms in total. The summed E-state index contributed by atoms with van der Waals surface area (Å²) >= 11 is 5.59. The van der Waals surface area contributed by atoms with Crippen LogP contribution in [0.1, 0.15) is 54.1 Å². The largest absolute Gasteiger partial charge is 1.00 e. The second-order valence-corrected chi connectivity index (χ2v) is 10.4. The topological polar surface area (TPSA) is 158 Å². The molecule has 0 aliphatic heterocycles. The third-order valence-corrected chi connectivity index (χ3v) is 7.56. The Morgan fingerprint density at radius 3 is 2.13 bits per heavy atom. The fourth-order valence-corrected chi connectivity index (χ4v) is 5.39. The molecule has 0 aromatic heterocycles. The van der Waals surface area contributed by atoms with Gasteiger partial charge in [-0.2, -0.15) is 0 Å². The molecular formula is C26H23ClN3NaO6S. The Bertz CT molecular complexity index is 1620. The summed E-state index contributed by atoms with van der Waals surface area (Å²) in [5, 5.41) is 5.81. The van der Waals surface area contributed by atoms with Gasteiger partial charge in [-0.25, -0.2) is 8.42 Å². The summed E-state index contributed by atoms with van der Waals surface area (Å²) in [6, 6.07) is 8.97. The fraction of sp³-hybridized carbons (Fsp3) is 0.192. The van der Waals surface area contributed by atoms with Gasteiger partial charge in [0.05, 0.1) is 27.4 Å². The van der Waals surface area contributed by atoms with Crippen molar-refractivity contribution in [2.24, 2.45) is 0 Å². The maximum Gasteiger partial charge on any atom is 1.00 e. The number of fused-ring (bicyclic) bond motifs is 2. The molecule has 3 aromatic carbocycles. The minimum absolute atomic E-state index is 0. The molecule has 0 heterocycles. The minimum atomic E-state index is -5.09. The number of benzene rings is 3. The van der Waals surface area contributed by atoms with E-state index in [9.17, 15) is 27.4 Å². The van der Waals surface area contributed by atoms with Gasteiger partial charge in [0, 0.05) is 23.4 Å². The van der Waals surface area contributed by atoms with Crippen molar-refractivity contribution in [2.75, 3.05) is 16.9 Å². The van der Waals surface area contributed by atoms with E-state index in [0.29, 0.717) is 11.3 Å². The number of ketones is 2. The van der Waals surface area contributed by atoms with Gasteiger partial charge in [0.25, 0.3) is 0 Å². The molecule has 12 heteroatoms. The number of carbonyl (C=O) groups is 3. The van der Waals surface area contributed by atoms with E-state index in [0.717, 1.165) is 22.8 Å². The Kier molecular flexibility index (Phi) is 8.77. The van der Waals surface area contributed by atoms with Crippen molar-refractivity contribution in [1.29, 1.82) is 0 Å². The Labute approximate surface area is 247 Å². The quantitative estimate of drug-likeness (QED) is 0.132. The Morgan fingerprint density at radius 1 is 1.00 bits per heavy atom. The van der Waals surface area contributed by atoms with Crippen LogP contribution >= 0.6 is 11.6 Å². The monoisotopic (exact) mass is 563 g/mol. The molecule has 0 saturated heterocycles. The first-order valence-electron chi connectivity index (χ1n) is 11.2. The molecule has 38 heavy (non-hydrogen) atoms. The van der Waals surface area contributed by atoms with Crippen LogP contribution in [0.4, 0.5) is 17.1 Å². The predicted octanol–water partition coefficient (Wildman–Crippen LogP) is 0.476. The first-order chi connectivity index (χ1) is 17.4. The van der Waals surface area contributed by atoms with Crippen LogP contribution in [-0.2, 0) is 21.5 Å². The molecule has 192 valence electrons. The molecule has 0 unspecified atom stereocenters. The maximum absolute atomic E-state index is 13.5. The second-order valence-electron chi connectivity index (χ2n) is 8.77. The van der Waals surface area contributed by atoms with Crippen LogP contribution in [0.2, 0.25) is 0 Å². The van der Waals surface area contributed by atoms with Crippen LogP contribution in [0.5, 0.6) is 0 Å². The van der Waals surface area contributed by atoms with Crippen LogP contribution in [0, 0.1) is 20.8 Å². The Morgan fingerprint density at radius 2 is 1.58 bits per heavy atom. The normalized spacial score (nSPS) is 12.3. The number of nitrogens with two attached hydrogens (primary N) is 1. The first-order valence-corrected chi connectivity index (χ1v) is 13.1. The number of hydrogen-bond donors (Lipinski definition) is 3. The molecule has 1 aliphatic rings. The molecular weight excluding hydrogens is 541 g/mol. The van der Waals surface area contributed by atoms with Crippen molar-refractivity contribution in [3.05, 3.63) is 80.9 Å². The van der Waals surface area contributed by atoms with Crippen LogP contribution in [-0.4, -0.2) is 36.3 Å². The third kappa shape index (κ3) is 5.25. The van der Waals surface area contributed by atoms with E-state index >= 15 is 0 Å². The van der Waals surface area contributed by atoms with Crippen molar-refractivity contribution in [3.8, 4) is 0 Å². The molecule has 4 N–H and O–H groups in total. The Balaban J connectivity index is 0.00000400. The molecule has 1 amide bonds. The van der Waals surface area contributed by atoms with Gasteiger partial charge < -0.3 is 20.9 Å². The summed E-state index contributed by atoms with van der Waals surface area (Å²) in [4.78, 5) is 37.8. The van der Waals surface area contributed by atoms with Crippen LogP contribution in [0.15, 0.2) is 41.3 Å². The van der Waals surface area contributed by atoms with Gasteiger partial charge in [-0.3, -0.25) is 14.4 Å². The number of rotatable bonds is 6. The number of anilines is 3. The van der Waals surface area contributed by atoms with E-state index in [4.69, 9.17) is 17.3 Å². The average Bonchev–Trinajstić information content (AvgIpc) is 2.84. The number of aryl methyl sites for hydroxylation is 2. The van der Waals surface area contributed by atoms with Crippen molar-refractivity contribution < 1.29 is 56.9 Å². The molecule has 0 spiro atoms. The van der Waals surface area contributed by atoms with Gasteiger partial charge in [-0.15, -0.1) is 11.6 Å². The van der Waals surface area contributed by atoms with E-state index in [1.165, 1.54) is 12.1 Å². The number of nitrogen functional groups attached to an aromatic ring is 1. The van der Waals surface area contributed by atoms with E-state index in [-0.39, 0.29) is 75.8 Å². The van der Waals surface area contributed by atoms with Gasteiger partial charge in [0.2, 0.25) is 5.91 Å². The number of alkyl halides is 1. The number of carbonyl (C=O) groups excluding carboxylic acids is 3. The zero-order valence-corrected chi connectivity index (χ0v) is 24.8. The zero-order chi connectivity index (χ0) is 27.2. The molecule has 0 radical (unpaired) electrons. The van der Waals surface area contributed by atoms with Crippen molar-refractivity contribution in [3.63, 3.8) is 0 Å². The third-order valence-electron chi connectivity index (χ3n) is 6.44. The van der Waals surface area contributed by atoms with Gasteiger partial charge in [-0.1, -0.05) is 30.3 Å². The van der Waals surface area contributed by atoms with E-state index < -0.39 is 32.3 Å². The van der Waals surface area contributed by atoms with Crippen LogP contribution < -0.4 is 45.9 Å². The Hall–Kier alpha value is -2.73. The smallest absolute Gasteiger partial charge is 0.744 e. The molecule has 0 saturated carbocycles. The van der Waals surface area contributed by atoms with Crippen molar-refractivity contribution in [2.45, 2.75) is 32.2 Å². The predicted molar refractivity (Wildman–Crippen MR) is 139 cm³/mol. The van der Waals surface area contributed by atoms with E-state index in [1.807, 2.05) is 13.0 Å². The molecule has 0 fully saturated rings. The first kappa shape index (κ1) is 29.8. The summed E-state index contributed by atoms with van der Waals surface area (Å²) in [7, 11) is -5.09. The fourth-order valence-electron chi connectivity index (χ4n) is 4.66. The van der Waals surface area contributed by atoms with Gasteiger partial charge in [-0.05, 0) is 49.1 Å². The molecule has 1 aliphatic carbocycles. The second kappa shape index (κ2) is 11.2. The summed E-state index contributed by atoms with van der Waals surface area (Å²) in [5.74, 6) is -1.74. The van der Waals surface area contributed by atoms with Gasteiger partial charge in [0.1, 0.15) is 16.0 Å². The molecule has 0 atom stereocenters. The number of hydrogen-bond acceptors (Lipinski definition) is 8. The van der Waals surface area contributed by atoms with Crippen LogP contribution in [0.25, 0.3) is 0 Å². The van der Waals surface area contributed by atoms with Crippen LogP contribution in [0.3, 0.4) is 0 Å². The molecule has 4 rings (SSSR count). The van der Waals surface area contributed by atoms with Crippen molar-refractivity contribution >= 4 is 56.3 Å². The standard InChI is InChI=1S/C26H24ClN3O6S.Na/c1-12-8-13(2)24(14(3)17(12)11-29-20(31)10-27)30-18-9-19(37(34,35)36)23(28)22-21(18)25(32)15-6-4-5-7-16(15)26(22)33;/h4-9,30H,10-11,28H2,1-3H3,(H,29,31)(H,34,35,36);/q;+1/p-1. The van der Waals surface area contributed by atoms with E-state index in [2.05, 4.69) is 10.6 Å². The van der Waals surface area contributed by atoms with Crippen molar-refractivity contribution in [1.82, 2.24) is 5.32 Å². The average molecular weight is 564 g/mol. The zero-order valence-electron chi connectivity index (χ0n) is 21.2. The van der Waals surface area contributed by atoms with Gasteiger partial charge in [0.15, 0.2) is 11.6 Å². The summed E-state index contributed by atoms with van der Waals surface area (Å²) < 4.78 is 36.2. The summed E-state index contributed by atoms with van der Waals surface area (Å²) in [5.41, 5.74) is 8.79. The molecule has 3 aromatic rings. The number of amides is 1.